The van der Waals surface area contributed by atoms with Gasteiger partial charge in [-0.2, -0.15) is 0 Å². The third-order valence-electron chi connectivity index (χ3n) is 5.56. The summed E-state index contributed by atoms with van der Waals surface area (Å²) >= 11 is 1.50. The third-order valence-corrected chi connectivity index (χ3v) is 6.49. The smallest absolute Gasteiger partial charge is 0.276 e. The Morgan fingerprint density at radius 3 is 2.62 bits per heavy atom. The highest BCUT2D eigenvalue weighted by molar-refractivity contribution is 8.13. The Bertz CT molecular complexity index is 1380. The van der Waals surface area contributed by atoms with Gasteiger partial charge in [0.1, 0.15) is 18.1 Å². The van der Waals surface area contributed by atoms with Gasteiger partial charge in [-0.1, -0.05) is 84.6 Å². The molecule has 0 spiro atoms. The van der Waals surface area contributed by atoms with Gasteiger partial charge in [0.2, 0.25) is 0 Å². The van der Waals surface area contributed by atoms with Crippen LogP contribution in [0, 0.1) is 6.92 Å². The number of hydrazone groups is 1. The van der Waals surface area contributed by atoms with Gasteiger partial charge in [0.05, 0.1) is 5.36 Å². The fraction of sp³-hybridized carbons (Fsp3) is 0.148. The van der Waals surface area contributed by atoms with Crippen LogP contribution >= 0.6 is 11.8 Å². The number of hydrogen-bond donors (Lipinski definition) is 1. The quantitative estimate of drug-likeness (QED) is 0.561. The Labute approximate surface area is 202 Å². The maximum atomic E-state index is 13.3. The van der Waals surface area contributed by atoms with Gasteiger partial charge >= 0.3 is 0 Å². The van der Waals surface area contributed by atoms with E-state index in [9.17, 15) is 4.79 Å². The lowest BCUT2D eigenvalue weighted by Crippen LogP contribution is -2.50. The molecule has 3 aromatic carbocycles. The Kier molecular flexibility index (Phi) is 6.18. The summed E-state index contributed by atoms with van der Waals surface area (Å²) in [6.45, 7) is 6.19. The molecule has 7 heteroatoms. The normalized spacial score (nSPS) is 16.6. The summed E-state index contributed by atoms with van der Waals surface area (Å²) in [6, 6.07) is 23.7. The minimum atomic E-state index is -0.459. The zero-order valence-corrected chi connectivity index (χ0v) is 19.6. The summed E-state index contributed by atoms with van der Waals surface area (Å²) in [5, 5.41) is 11.6. The zero-order chi connectivity index (χ0) is 23.5. The Hall–Kier alpha value is -3.84. The Morgan fingerprint density at radius 1 is 1.09 bits per heavy atom. The van der Waals surface area contributed by atoms with Crippen LogP contribution in [0.15, 0.2) is 95.5 Å². The average Bonchev–Trinajstić information content (AvgIpc) is 2.87. The monoisotopic (exact) mass is 468 g/mol. The number of carbonyl (C=O) groups excluding carboxylic acids is 1. The number of benzene rings is 3. The second kappa shape index (κ2) is 9.57. The van der Waals surface area contributed by atoms with Crippen molar-refractivity contribution in [3.63, 3.8) is 0 Å². The maximum absolute atomic E-state index is 13.3. The lowest BCUT2D eigenvalue weighted by molar-refractivity contribution is -0.116. The van der Waals surface area contributed by atoms with E-state index in [4.69, 9.17) is 14.8 Å². The molecule has 2 aliphatic heterocycles. The van der Waals surface area contributed by atoms with Crippen LogP contribution in [0.25, 0.3) is 5.70 Å². The van der Waals surface area contributed by atoms with Crippen LogP contribution in [-0.4, -0.2) is 22.7 Å². The van der Waals surface area contributed by atoms with Crippen molar-refractivity contribution in [1.29, 1.82) is 0 Å². The van der Waals surface area contributed by atoms with Crippen molar-refractivity contribution in [2.75, 3.05) is 6.61 Å². The number of amidine groups is 1. The molecule has 5 rings (SSSR count). The molecule has 1 amide bonds. The van der Waals surface area contributed by atoms with E-state index in [0.717, 1.165) is 21.9 Å². The van der Waals surface area contributed by atoms with E-state index in [1.54, 1.807) is 11.1 Å². The molecule has 0 bridgehead atoms. The molecule has 0 saturated carbocycles. The van der Waals surface area contributed by atoms with Crippen molar-refractivity contribution in [2.45, 2.75) is 18.8 Å². The number of fused-ring (bicyclic) bond motifs is 2. The van der Waals surface area contributed by atoms with Crippen LogP contribution in [0.2, 0.25) is 0 Å². The number of hydrogen-bond acceptors (Lipinski definition) is 6. The van der Waals surface area contributed by atoms with Crippen molar-refractivity contribution in [3.8, 4) is 5.75 Å². The van der Waals surface area contributed by atoms with E-state index in [-0.39, 0.29) is 5.91 Å². The molecule has 0 radical (unpaired) electrons. The number of rotatable bonds is 6. The molecule has 0 unspecified atom stereocenters. The minimum absolute atomic E-state index is 0.181. The summed E-state index contributed by atoms with van der Waals surface area (Å²) in [6.07, 6.45) is 1.25. The van der Waals surface area contributed by atoms with E-state index in [2.05, 4.69) is 43.1 Å². The molecule has 0 aromatic heterocycles. The van der Waals surface area contributed by atoms with Gasteiger partial charge < -0.3 is 4.74 Å². The average molecular weight is 469 g/mol. The van der Waals surface area contributed by atoms with Gasteiger partial charge in [0.15, 0.2) is 11.3 Å². The molecule has 34 heavy (non-hydrogen) atoms. The first kappa shape index (κ1) is 22.0. The molecule has 1 atom stereocenters. The summed E-state index contributed by atoms with van der Waals surface area (Å²) in [5.41, 5.74) is 3.80. The van der Waals surface area contributed by atoms with Crippen LogP contribution in [0.4, 0.5) is 0 Å². The van der Waals surface area contributed by atoms with Gasteiger partial charge in [0.25, 0.3) is 5.91 Å². The van der Waals surface area contributed by atoms with E-state index in [1.807, 2.05) is 48.5 Å². The minimum Gasteiger partial charge on any atom is -0.490 e. The van der Waals surface area contributed by atoms with Crippen LogP contribution in [0.5, 0.6) is 5.75 Å². The number of nitrogens with zero attached hydrogens (tertiary/aromatic N) is 3. The second-order valence-corrected chi connectivity index (χ2v) is 8.98. The van der Waals surface area contributed by atoms with E-state index in [0.29, 0.717) is 23.2 Å². The van der Waals surface area contributed by atoms with Gasteiger partial charge in [-0.15, -0.1) is 5.10 Å². The summed E-state index contributed by atoms with van der Waals surface area (Å²) in [7, 11) is 0. The molecule has 170 valence electrons. The molecule has 2 aliphatic rings. The topological polar surface area (TPSA) is 66.3 Å². The summed E-state index contributed by atoms with van der Waals surface area (Å²) in [4.78, 5) is 18.2. The van der Waals surface area contributed by atoms with E-state index in [1.165, 1.54) is 22.9 Å². The van der Waals surface area contributed by atoms with Crippen LogP contribution in [-0.2, 0) is 10.5 Å². The van der Waals surface area contributed by atoms with E-state index < -0.39 is 6.17 Å². The van der Waals surface area contributed by atoms with Gasteiger partial charge in [-0.25, -0.2) is 5.01 Å². The van der Waals surface area contributed by atoms with Crippen molar-refractivity contribution in [3.05, 3.63) is 113 Å². The SMILES string of the molecule is C=CCOc1ccc([C@H]2N=c3ccccc3=C3C(=O)NC(SCc4ccc(C)cc4)=NN32)cc1. The lowest BCUT2D eigenvalue weighted by Gasteiger charge is -2.34. The second-order valence-electron chi connectivity index (χ2n) is 8.02. The Morgan fingerprint density at radius 2 is 1.85 bits per heavy atom. The number of thioether (sulfide) groups is 1. The highest BCUT2D eigenvalue weighted by Crippen LogP contribution is 2.32. The number of nitrogens with one attached hydrogen (secondary N) is 1. The first-order valence-electron chi connectivity index (χ1n) is 11.0. The lowest BCUT2D eigenvalue weighted by atomic mass is 10.1. The predicted octanol–water partition coefficient (Wildman–Crippen LogP) is 3.64. The molecule has 1 N–H and O–H groups in total. The third kappa shape index (κ3) is 4.47. The molecule has 3 aromatic rings. The predicted molar refractivity (Wildman–Crippen MR) is 135 cm³/mol. The number of aryl methyl sites for hydroxylation is 1. The fourth-order valence-electron chi connectivity index (χ4n) is 3.84. The Balaban J connectivity index is 1.50. The van der Waals surface area contributed by atoms with Gasteiger partial charge in [-0.3, -0.25) is 15.1 Å². The van der Waals surface area contributed by atoms with Crippen LogP contribution in [0.3, 0.4) is 0 Å². The highest BCUT2D eigenvalue weighted by atomic mass is 32.2. The largest absolute Gasteiger partial charge is 0.490 e. The molecule has 6 nitrogen and oxygen atoms in total. The molecular weight excluding hydrogens is 444 g/mol. The van der Waals surface area contributed by atoms with Crippen LogP contribution < -0.4 is 20.6 Å². The number of amides is 1. The van der Waals surface area contributed by atoms with Crippen molar-refractivity contribution in [1.82, 2.24) is 10.3 Å². The number of ether oxygens (including phenoxy) is 1. The molecule has 0 saturated heterocycles. The molecule has 2 heterocycles. The molecular formula is C27H24N4O2S. The summed E-state index contributed by atoms with van der Waals surface area (Å²) < 4.78 is 5.61. The first-order valence-corrected chi connectivity index (χ1v) is 12.0. The maximum Gasteiger partial charge on any atom is 0.276 e. The fourth-order valence-corrected chi connectivity index (χ4v) is 4.64. The molecule has 0 fully saturated rings. The van der Waals surface area contributed by atoms with Crippen molar-refractivity contribution >= 4 is 28.5 Å². The van der Waals surface area contributed by atoms with Crippen LogP contribution in [0.1, 0.15) is 22.9 Å². The van der Waals surface area contributed by atoms with Gasteiger partial charge in [-0.05, 0) is 36.2 Å². The van der Waals surface area contributed by atoms with Crippen molar-refractivity contribution in [2.24, 2.45) is 10.1 Å². The zero-order valence-electron chi connectivity index (χ0n) is 18.8. The van der Waals surface area contributed by atoms with Crippen molar-refractivity contribution < 1.29 is 9.53 Å². The van der Waals surface area contributed by atoms with Gasteiger partial charge in [0, 0.05) is 11.0 Å². The number of carbonyl (C=O) groups is 1. The summed E-state index contributed by atoms with van der Waals surface area (Å²) in [5.74, 6) is 1.27. The van der Waals surface area contributed by atoms with E-state index >= 15 is 0 Å². The first-order chi connectivity index (χ1) is 16.6. The highest BCUT2D eigenvalue weighted by Gasteiger charge is 2.34. The number of para-hydroxylation sites is 1. The molecule has 0 aliphatic carbocycles. The standard InChI is InChI=1S/C27H24N4O2S/c1-3-16-33-21-14-12-20(13-15-21)25-28-23-7-5-4-6-22(23)24-26(32)29-27(30-31(24)25)34-17-19-10-8-18(2)9-11-19/h3-15,25H,1,16-17H2,2H3,(H,29,30,32)/t25-/m0/s1.